The van der Waals surface area contributed by atoms with Gasteiger partial charge in [-0.1, -0.05) is 42.0 Å². The molecule has 3 rings (SSSR count). The fourth-order valence-electron chi connectivity index (χ4n) is 2.48. The lowest BCUT2D eigenvalue weighted by molar-refractivity contribution is -0.115. The van der Waals surface area contributed by atoms with Crippen LogP contribution in [0, 0.1) is 6.92 Å². The van der Waals surface area contributed by atoms with Crippen LogP contribution >= 0.6 is 0 Å². The number of carbonyl (C=O) groups excluding carboxylic acids is 1. The Bertz CT molecular complexity index is 622. The second-order valence-electron chi connectivity index (χ2n) is 4.91. The minimum absolute atomic E-state index is 0.0475. The zero-order valence-corrected chi connectivity index (χ0v) is 10.9. The summed E-state index contributed by atoms with van der Waals surface area (Å²) in [6.45, 7) is 3.25. The highest BCUT2D eigenvalue weighted by atomic mass is 16.2. The molecule has 0 unspecified atom stereocenters. The summed E-state index contributed by atoms with van der Waals surface area (Å²) in [4.78, 5) is 13.9. The van der Waals surface area contributed by atoms with Crippen molar-refractivity contribution in [3.05, 3.63) is 59.7 Å². The largest absolute Gasteiger partial charge is 0.356 e. The van der Waals surface area contributed by atoms with Crippen LogP contribution in [0.3, 0.4) is 0 Å². The number of aryl methyl sites for hydroxylation is 1. The summed E-state index contributed by atoms with van der Waals surface area (Å²) < 4.78 is 0. The number of fused-ring (bicyclic) bond motifs is 1. The van der Waals surface area contributed by atoms with Gasteiger partial charge in [0, 0.05) is 6.54 Å². The van der Waals surface area contributed by atoms with Crippen LogP contribution in [0.1, 0.15) is 11.1 Å². The van der Waals surface area contributed by atoms with Crippen molar-refractivity contribution in [2.45, 2.75) is 13.5 Å². The smallest absolute Gasteiger partial charge is 0.243 e. The summed E-state index contributed by atoms with van der Waals surface area (Å²) in [5, 5.41) is 2.91. The van der Waals surface area contributed by atoms with E-state index in [2.05, 4.69) is 41.4 Å². The van der Waals surface area contributed by atoms with E-state index in [0.29, 0.717) is 6.54 Å². The Labute approximate surface area is 112 Å². The maximum Gasteiger partial charge on any atom is 0.243 e. The van der Waals surface area contributed by atoms with Gasteiger partial charge < -0.3 is 10.2 Å². The van der Waals surface area contributed by atoms with Crippen LogP contribution in [0.2, 0.25) is 0 Å². The third kappa shape index (κ3) is 2.45. The van der Waals surface area contributed by atoms with Crippen LogP contribution in [-0.2, 0) is 11.3 Å². The summed E-state index contributed by atoms with van der Waals surface area (Å²) in [5.74, 6) is 0.0475. The molecule has 1 heterocycles. The fourth-order valence-corrected chi connectivity index (χ4v) is 2.48. The number of anilines is 2. The Kier molecular flexibility index (Phi) is 2.95. The van der Waals surface area contributed by atoms with Gasteiger partial charge in [0.25, 0.3) is 0 Å². The van der Waals surface area contributed by atoms with Gasteiger partial charge in [-0.05, 0) is 24.6 Å². The highest BCUT2D eigenvalue weighted by Crippen LogP contribution is 2.29. The Hall–Kier alpha value is -2.29. The van der Waals surface area contributed by atoms with Crippen LogP contribution in [0.4, 0.5) is 11.4 Å². The average molecular weight is 252 g/mol. The summed E-state index contributed by atoms with van der Waals surface area (Å²) in [7, 11) is 0. The van der Waals surface area contributed by atoms with E-state index in [4.69, 9.17) is 0 Å². The molecule has 0 aliphatic carbocycles. The molecule has 3 heteroatoms. The topological polar surface area (TPSA) is 32.3 Å². The number of benzene rings is 2. The predicted octanol–water partition coefficient (Wildman–Crippen LogP) is 2.95. The molecule has 1 aliphatic rings. The van der Waals surface area contributed by atoms with E-state index >= 15 is 0 Å². The second kappa shape index (κ2) is 4.76. The number of nitrogens with zero attached hydrogens (tertiary/aromatic N) is 1. The molecule has 0 bridgehead atoms. The standard InChI is InChI=1S/C16H16N2O/c1-12-5-4-6-13(9-12)10-18-11-16(19)17-14-7-2-3-8-15(14)18/h2-9H,10-11H2,1H3,(H,17,19). The molecule has 0 atom stereocenters. The first-order valence-corrected chi connectivity index (χ1v) is 6.42. The molecule has 0 aromatic heterocycles. The molecule has 0 saturated heterocycles. The molecule has 1 aliphatic heterocycles. The van der Waals surface area contributed by atoms with E-state index in [1.54, 1.807) is 0 Å². The molecular weight excluding hydrogens is 236 g/mol. The van der Waals surface area contributed by atoms with E-state index < -0.39 is 0 Å². The first-order chi connectivity index (χ1) is 9.22. The quantitative estimate of drug-likeness (QED) is 0.891. The van der Waals surface area contributed by atoms with Gasteiger partial charge in [0.15, 0.2) is 0 Å². The number of amides is 1. The van der Waals surface area contributed by atoms with Crippen molar-refractivity contribution in [3.8, 4) is 0 Å². The van der Waals surface area contributed by atoms with Gasteiger partial charge in [0.1, 0.15) is 0 Å². The molecule has 3 nitrogen and oxygen atoms in total. The number of nitrogens with one attached hydrogen (secondary N) is 1. The van der Waals surface area contributed by atoms with Crippen LogP contribution in [0.15, 0.2) is 48.5 Å². The van der Waals surface area contributed by atoms with Gasteiger partial charge in [-0.3, -0.25) is 4.79 Å². The molecule has 0 radical (unpaired) electrons. The van der Waals surface area contributed by atoms with Gasteiger partial charge in [0.2, 0.25) is 5.91 Å². The maximum absolute atomic E-state index is 11.7. The summed E-state index contributed by atoms with van der Waals surface area (Å²) in [5.41, 5.74) is 4.45. The number of hydrogen-bond acceptors (Lipinski definition) is 2. The molecule has 0 fully saturated rings. The van der Waals surface area contributed by atoms with E-state index in [-0.39, 0.29) is 5.91 Å². The van der Waals surface area contributed by atoms with Crippen LogP contribution in [0.5, 0.6) is 0 Å². The van der Waals surface area contributed by atoms with Crippen LogP contribution in [-0.4, -0.2) is 12.5 Å². The summed E-state index contributed by atoms with van der Waals surface area (Å²) >= 11 is 0. The molecule has 19 heavy (non-hydrogen) atoms. The minimum Gasteiger partial charge on any atom is -0.356 e. The Morgan fingerprint density at radius 3 is 2.84 bits per heavy atom. The maximum atomic E-state index is 11.7. The van der Waals surface area contributed by atoms with Crippen LogP contribution in [0.25, 0.3) is 0 Å². The van der Waals surface area contributed by atoms with Crippen molar-refractivity contribution in [1.82, 2.24) is 0 Å². The monoisotopic (exact) mass is 252 g/mol. The van der Waals surface area contributed by atoms with Crippen molar-refractivity contribution < 1.29 is 4.79 Å². The van der Waals surface area contributed by atoms with Gasteiger partial charge in [-0.15, -0.1) is 0 Å². The Morgan fingerprint density at radius 1 is 1.16 bits per heavy atom. The van der Waals surface area contributed by atoms with Gasteiger partial charge in [-0.2, -0.15) is 0 Å². The number of carbonyl (C=O) groups is 1. The third-order valence-corrected chi connectivity index (χ3v) is 3.31. The van der Waals surface area contributed by atoms with Crippen LogP contribution < -0.4 is 10.2 Å². The van der Waals surface area contributed by atoms with Crippen molar-refractivity contribution in [1.29, 1.82) is 0 Å². The molecule has 96 valence electrons. The number of rotatable bonds is 2. The first kappa shape index (κ1) is 11.8. The normalized spacial score (nSPS) is 13.9. The Morgan fingerprint density at radius 2 is 2.00 bits per heavy atom. The van der Waals surface area contributed by atoms with E-state index in [1.807, 2.05) is 24.3 Å². The van der Waals surface area contributed by atoms with Gasteiger partial charge in [-0.25, -0.2) is 0 Å². The lowest BCUT2D eigenvalue weighted by atomic mass is 10.1. The Balaban J connectivity index is 1.91. The predicted molar refractivity (Wildman–Crippen MR) is 77.3 cm³/mol. The van der Waals surface area contributed by atoms with Crippen molar-refractivity contribution >= 4 is 17.3 Å². The number of para-hydroxylation sites is 2. The zero-order valence-electron chi connectivity index (χ0n) is 10.9. The van der Waals surface area contributed by atoms with E-state index in [0.717, 1.165) is 17.9 Å². The van der Waals surface area contributed by atoms with Crippen molar-refractivity contribution in [2.75, 3.05) is 16.8 Å². The molecule has 1 N–H and O–H groups in total. The van der Waals surface area contributed by atoms with Crippen molar-refractivity contribution in [3.63, 3.8) is 0 Å². The zero-order chi connectivity index (χ0) is 13.2. The molecule has 1 amide bonds. The summed E-state index contributed by atoms with van der Waals surface area (Å²) in [6.07, 6.45) is 0. The second-order valence-corrected chi connectivity index (χ2v) is 4.91. The SMILES string of the molecule is Cc1cccc(CN2CC(=O)Nc3ccccc32)c1. The average Bonchev–Trinajstić information content (AvgIpc) is 2.38. The first-order valence-electron chi connectivity index (χ1n) is 6.42. The molecular formula is C16H16N2O. The molecule has 0 saturated carbocycles. The van der Waals surface area contributed by atoms with E-state index in [1.165, 1.54) is 11.1 Å². The lowest BCUT2D eigenvalue weighted by Crippen LogP contribution is -2.37. The molecule has 2 aromatic carbocycles. The molecule has 2 aromatic rings. The fraction of sp³-hybridized carbons (Fsp3) is 0.188. The molecule has 0 spiro atoms. The summed E-state index contributed by atoms with van der Waals surface area (Å²) in [6, 6.07) is 16.3. The highest BCUT2D eigenvalue weighted by molar-refractivity contribution is 6.01. The highest BCUT2D eigenvalue weighted by Gasteiger charge is 2.21. The minimum atomic E-state index is 0.0475. The number of hydrogen-bond donors (Lipinski definition) is 1. The van der Waals surface area contributed by atoms with Gasteiger partial charge >= 0.3 is 0 Å². The lowest BCUT2D eigenvalue weighted by Gasteiger charge is -2.31. The van der Waals surface area contributed by atoms with E-state index in [9.17, 15) is 4.79 Å². The third-order valence-electron chi connectivity index (χ3n) is 3.31. The van der Waals surface area contributed by atoms with Gasteiger partial charge in [0.05, 0.1) is 17.9 Å². The van der Waals surface area contributed by atoms with Crippen molar-refractivity contribution in [2.24, 2.45) is 0 Å².